The number of aromatic nitrogens is 3. The number of hydrogen-bond donors (Lipinski definition) is 0. The van der Waals surface area contributed by atoms with Gasteiger partial charge in [-0.25, -0.2) is 9.97 Å². The summed E-state index contributed by atoms with van der Waals surface area (Å²) in [6, 6.07) is 8.03. The maximum absolute atomic E-state index is 13.1. The molecule has 1 aromatic carbocycles. The van der Waals surface area contributed by atoms with E-state index >= 15 is 0 Å². The Hall–Kier alpha value is -1.68. The van der Waals surface area contributed by atoms with Crippen LogP contribution in [0.3, 0.4) is 0 Å². The Labute approximate surface area is 186 Å². The summed E-state index contributed by atoms with van der Waals surface area (Å²) in [4.78, 5) is 23.9. The molecule has 3 aromatic rings. The molecule has 0 spiro atoms. The molecular weight excluding hydrogens is 472 g/mol. The van der Waals surface area contributed by atoms with Crippen molar-refractivity contribution in [3.05, 3.63) is 46.5 Å². The number of carbonyl (C=O) groups is 1. The number of rotatable bonds is 7. The van der Waals surface area contributed by atoms with Crippen molar-refractivity contribution in [2.45, 2.75) is 24.1 Å². The van der Waals surface area contributed by atoms with Gasteiger partial charge in [0.1, 0.15) is 0 Å². The van der Waals surface area contributed by atoms with Gasteiger partial charge in [-0.1, -0.05) is 39.8 Å². The van der Waals surface area contributed by atoms with E-state index in [0.717, 1.165) is 40.3 Å². The number of imidazole rings is 1. The normalized spacial score (nSPS) is 16.3. The molecule has 4 rings (SSSR count). The molecule has 0 aliphatic carbocycles. The molecule has 9 heteroatoms. The van der Waals surface area contributed by atoms with Crippen molar-refractivity contribution < 1.29 is 9.53 Å². The molecule has 1 atom stereocenters. The van der Waals surface area contributed by atoms with Gasteiger partial charge in [-0.2, -0.15) is 0 Å². The van der Waals surface area contributed by atoms with Crippen molar-refractivity contribution in [3.8, 4) is 11.3 Å². The molecule has 1 amide bonds. The first kappa shape index (κ1) is 20.6. The summed E-state index contributed by atoms with van der Waals surface area (Å²) >= 11 is 6.39. The third-order valence-electron chi connectivity index (χ3n) is 4.68. The molecule has 152 valence electrons. The van der Waals surface area contributed by atoms with E-state index in [4.69, 9.17) is 9.72 Å². The number of anilines is 1. The lowest BCUT2D eigenvalue weighted by molar-refractivity contribution is -0.116. The van der Waals surface area contributed by atoms with Crippen LogP contribution in [0, 0.1) is 0 Å². The molecule has 3 heterocycles. The number of aryl methyl sites for hydroxylation is 1. The van der Waals surface area contributed by atoms with E-state index in [1.54, 1.807) is 11.1 Å². The van der Waals surface area contributed by atoms with Gasteiger partial charge in [0.25, 0.3) is 0 Å². The van der Waals surface area contributed by atoms with Crippen LogP contribution in [0.4, 0.5) is 5.13 Å². The van der Waals surface area contributed by atoms with E-state index in [9.17, 15) is 4.79 Å². The SMILES string of the molecule is Cn1ccnc1SCC(=O)N(CC1CCCO1)c1nc(-c2ccc(Br)cc2)cs1. The fraction of sp³-hybridized carbons (Fsp3) is 0.350. The van der Waals surface area contributed by atoms with E-state index in [1.807, 2.05) is 47.5 Å². The number of carbonyl (C=O) groups excluding carboxylic acids is 1. The average molecular weight is 493 g/mol. The van der Waals surface area contributed by atoms with Gasteiger partial charge in [-0.15, -0.1) is 11.3 Å². The maximum atomic E-state index is 13.1. The van der Waals surface area contributed by atoms with Gasteiger partial charge in [0.05, 0.1) is 24.1 Å². The highest BCUT2D eigenvalue weighted by molar-refractivity contribution is 9.10. The third-order valence-corrected chi connectivity index (χ3v) is 7.11. The van der Waals surface area contributed by atoms with Crippen LogP contribution in [0.25, 0.3) is 11.3 Å². The largest absolute Gasteiger partial charge is 0.376 e. The lowest BCUT2D eigenvalue weighted by Gasteiger charge is -2.23. The minimum atomic E-state index is 0.0187. The van der Waals surface area contributed by atoms with Crippen LogP contribution in [0.1, 0.15) is 12.8 Å². The van der Waals surface area contributed by atoms with Gasteiger partial charge in [0.2, 0.25) is 5.91 Å². The standard InChI is InChI=1S/C20H21BrN4O2S2/c1-24-9-8-22-19(24)29-13-18(26)25(11-16-3-2-10-27-16)20-23-17(12-28-20)14-4-6-15(21)7-5-14/h4-9,12,16H,2-3,10-11,13H2,1H3. The van der Waals surface area contributed by atoms with Gasteiger partial charge in [-0.3, -0.25) is 9.69 Å². The Balaban J connectivity index is 1.52. The number of hydrogen-bond acceptors (Lipinski definition) is 6. The zero-order chi connectivity index (χ0) is 20.2. The summed E-state index contributed by atoms with van der Waals surface area (Å²) in [5.74, 6) is 0.329. The smallest absolute Gasteiger partial charge is 0.239 e. The van der Waals surface area contributed by atoms with Gasteiger partial charge < -0.3 is 9.30 Å². The second-order valence-corrected chi connectivity index (χ2v) is 9.47. The summed E-state index contributed by atoms with van der Waals surface area (Å²) in [6.45, 7) is 1.30. The van der Waals surface area contributed by atoms with Crippen LogP contribution in [-0.4, -0.2) is 45.5 Å². The quantitative estimate of drug-likeness (QED) is 0.450. The van der Waals surface area contributed by atoms with Crippen molar-refractivity contribution in [3.63, 3.8) is 0 Å². The lowest BCUT2D eigenvalue weighted by Crippen LogP contribution is -2.38. The Kier molecular flexibility index (Phi) is 6.69. The third kappa shape index (κ3) is 5.09. The minimum absolute atomic E-state index is 0.0187. The summed E-state index contributed by atoms with van der Waals surface area (Å²) in [7, 11) is 1.93. The number of benzene rings is 1. The van der Waals surface area contributed by atoms with Crippen molar-refractivity contribution in [2.75, 3.05) is 23.8 Å². The maximum Gasteiger partial charge on any atom is 0.239 e. The molecule has 0 radical (unpaired) electrons. The summed E-state index contributed by atoms with van der Waals surface area (Å²) in [5, 5.41) is 3.54. The number of amides is 1. The monoisotopic (exact) mass is 492 g/mol. The highest BCUT2D eigenvalue weighted by Crippen LogP contribution is 2.30. The molecule has 6 nitrogen and oxygen atoms in total. The molecule has 2 aromatic heterocycles. The van der Waals surface area contributed by atoms with Crippen LogP contribution < -0.4 is 4.90 Å². The van der Waals surface area contributed by atoms with E-state index < -0.39 is 0 Å². The molecule has 1 saturated heterocycles. The van der Waals surface area contributed by atoms with Gasteiger partial charge in [0, 0.05) is 41.5 Å². The van der Waals surface area contributed by atoms with E-state index in [1.165, 1.54) is 23.1 Å². The Bertz CT molecular complexity index is 967. The molecular formula is C20H21BrN4O2S2. The Morgan fingerprint density at radius 2 is 2.24 bits per heavy atom. The van der Waals surface area contributed by atoms with Gasteiger partial charge in [0.15, 0.2) is 10.3 Å². The van der Waals surface area contributed by atoms with Crippen molar-refractivity contribution in [2.24, 2.45) is 7.05 Å². The molecule has 1 aliphatic heterocycles. The topological polar surface area (TPSA) is 60.2 Å². The van der Waals surface area contributed by atoms with Crippen LogP contribution in [-0.2, 0) is 16.6 Å². The molecule has 29 heavy (non-hydrogen) atoms. The predicted octanol–water partition coefficient (Wildman–Crippen LogP) is 4.61. The average Bonchev–Trinajstić information content (AvgIpc) is 3.47. The first-order valence-electron chi connectivity index (χ1n) is 9.34. The van der Waals surface area contributed by atoms with E-state index in [-0.39, 0.29) is 12.0 Å². The van der Waals surface area contributed by atoms with E-state index in [2.05, 4.69) is 20.9 Å². The first-order chi connectivity index (χ1) is 14.1. The second-order valence-electron chi connectivity index (χ2n) is 6.77. The molecule has 0 N–H and O–H groups in total. The van der Waals surface area contributed by atoms with Crippen LogP contribution >= 0.6 is 39.0 Å². The number of ether oxygens (including phenoxy) is 1. The molecule has 0 saturated carbocycles. The van der Waals surface area contributed by atoms with Gasteiger partial charge >= 0.3 is 0 Å². The minimum Gasteiger partial charge on any atom is -0.376 e. The van der Waals surface area contributed by atoms with Crippen molar-refractivity contribution in [1.82, 2.24) is 14.5 Å². The number of halogens is 1. The lowest BCUT2D eigenvalue weighted by atomic mass is 10.2. The summed E-state index contributed by atoms with van der Waals surface area (Å²) in [6.07, 6.45) is 5.69. The first-order valence-corrected chi connectivity index (χ1v) is 12.0. The van der Waals surface area contributed by atoms with E-state index in [0.29, 0.717) is 17.4 Å². The highest BCUT2D eigenvalue weighted by Gasteiger charge is 2.26. The number of nitrogens with zero attached hydrogens (tertiary/aromatic N) is 4. The predicted molar refractivity (Wildman–Crippen MR) is 121 cm³/mol. The van der Waals surface area contributed by atoms with Crippen molar-refractivity contribution >= 4 is 50.1 Å². The van der Waals surface area contributed by atoms with Crippen LogP contribution in [0.5, 0.6) is 0 Å². The molecule has 1 aliphatic rings. The van der Waals surface area contributed by atoms with Crippen LogP contribution in [0.15, 0.2) is 51.7 Å². The Morgan fingerprint density at radius 1 is 1.41 bits per heavy atom. The van der Waals surface area contributed by atoms with Crippen LogP contribution in [0.2, 0.25) is 0 Å². The Morgan fingerprint density at radius 3 is 2.93 bits per heavy atom. The zero-order valence-electron chi connectivity index (χ0n) is 16.0. The zero-order valence-corrected chi connectivity index (χ0v) is 19.2. The molecule has 1 unspecified atom stereocenters. The summed E-state index contributed by atoms with van der Waals surface area (Å²) in [5.41, 5.74) is 1.90. The number of thiazole rings is 1. The fourth-order valence-electron chi connectivity index (χ4n) is 3.12. The van der Waals surface area contributed by atoms with Crippen molar-refractivity contribution in [1.29, 1.82) is 0 Å². The second kappa shape index (κ2) is 9.42. The molecule has 0 bridgehead atoms. The fourth-order valence-corrected chi connectivity index (χ4v) is 5.05. The van der Waals surface area contributed by atoms with Gasteiger partial charge in [-0.05, 0) is 25.0 Å². The summed E-state index contributed by atoms with van der Waals surface area (Å²) < 4.78 is 8.72. The highest BCUT2D eigenvalue weighted by atomic mass is 79.9. The molecule has 1 fully saturated rings. The number of thioether (sulfide) groups is 1.